The number of ether oxygens (including phenoxy) is 1. The van der Waals surface area contributed by atoms with Gasteiger partial charge >= 0.3 is 5.97 Å². The van der Waals surface area contributed by atoms with Gasteiger partial charge in [-0.25, -0.2) is 0 Å². The van der Waals surface area contributed by atoms with Gasteiger partial charge in [0.1, 0.15) is 5.92 Å². The van der Waals surface area contributed by atoms with Gasteiger partial charge in [-0.2, -0.15) is 8.75 Å². The van der Waals surface area contributed by atoms with Gasteiger partial charge in [-0.05, 0) is 6.42 Å². The molecule has 0 radical (unpaired) electrons. The molecule has 1 fully saturated rings. The number of carbonyl (C=O) groups excluding carboxylic acids is 1. The highest BCUT2D eigenvalue weighted by atomic mass is 32.1. The van der Waals surface area contributed by atoms with E-state index in [1.54, 1.807) is 4.90 Å². The van der Waals surface area contributed by atoms with Crippen molar-refractivity contribution in [2.45, 2.75) is 19.4 Å². The maximum atomic E-state index is 12.3. The summed E-state index contributed by atoms with van der Waals surface area (Å²) in [6.45, 7) is 2.81. The molecule has 1 N–H and O–H groups in total. The van der Waals surface area contributed by atoms with Gasteiger partial charge in [0, 0.05) is 6.54 Å². The van der Waals surface area contributed by atoms with Crippen molar-refractivity contribution in [3.05, 3.63) is 11.9 Å². The van der Waals surface area contributed by atoms with Crippen LogP contribution < -0.4 is 0 Å². The molecule has 8 heteroatoms. The Morgan fingerprint density at radius 1 is 1.58 bits per heavy atom. The Hall–Kier alpha value is -1.54. The van der Waals surface area contributed by atoms with Crippen LogP contribution in [0.2, 0.25) is 0 Å². The number of carbonyl (C=O) groups is 2. The number of amides is 1. The lowest BCUT2D eigenvalue weighted by molar-refractivity contribution is -0.142. The first-order valence-electron chi connectivity index (χ1n) is 6.04. The normalized spacial score (nSPS) is 22.4. The van der Waals surface area contributed by atoms with Crippen molar-refractivity contribution in [2.75, 3.05) is 19.8 Å². The lowest BCUT2D eigenvalue weighted by atomic mass is 10.0. The minimum Gasteiger partial charge on any atom is -0.481 e. The molecule has 0 saturated carbocycles. The van der Waals surface area contributed by atoms with Gasteiger partial charge < -0.3 is 14.7 Å². The zero-order chi connectivity index (χ0) is 13.8. The van der Waals surface area contributed by atoms with Crippen molar-refractivity contribution in [2.24, 2.45) is 5.92 Å². The van der Waals surface area contributed by atoms with E-state index in [1.807, 2.05) is 6.92 Å². The van der Waals surface area contributed by atoms with Crippen LogP contribution in [0, 0.1) is 5.92 Å². The van der Waals surface area contributed by atoms with E-state index < -0.39 is 17.9 Å². The first-order chi connectivity index (χ1) is 9.15. The van der Waals surface area contributed by atoms with E-state index >= 15 is 0 Å². The molecule has 2 unspecified atom stereocenters. The number of hydrogen-bond donors (Lipinski definition) is 1. The van der Waals surface area contributed by atoms with Crippen LogP contribution in [0.15, 0.2) is 6.20 Å². The summed E-state index contributed by atoms with van der Waals surface area (Å²) in [6.07, 6.45) is 2.15. The summed E-state index contributed by atoms with van der Waals surface area (Å²) in [7, 11) is 0. The molecule has 7 nitrogen and oxygen atoms in total. The fourth-order valence-corrected chi connectivity index (χ4v) is 2.56. The third-order valence-electron chi connectivity index (χ3n) is 3.07. The second-order valence-electron chi connectivity index (χ2n) is 4.34. The van der Waals surface area contributed by atoms with Crippen LogP contribution in [0.4, 0.5) is 0 Å². The van der Waals surface area contributed by atoms with Crippen LogP contribution in [0.5, 0.6) is 0 Å². The van der Waals surface area contributed by atoms with Gasteiger partial charge in [0.2, 0.25) is 0 Å². The van der Waals surface area contributed by atoms with E-state index in [0.717, 1.165) is 18.1 Å². The SMILES string of the molecule is CCCN(C(=O)c1cnsn1)C1COCC1C(=O)O. The van der Waals surface area contributed by atoms with Gasteiger partial charge in [0.25, 0.3) is 5.91 Å². The van der Waals surface area contributed by atoms with E-state index in [2.05, 4.69) is 8.75 Å². The van der Waals surface area contributed by atoms with E-state index in [1.165, 1.54) is 6.20 Å². The smallest absolute Gasteiger partial charge is 0.311 e. The third kappa shape index (κ3) is 2.90. The largest absolute Gasteiger partial charge is 0.481 e. The molecule has 2 heterocycles. The Labute approximate surface area is 114 Å². The molecule has 1 aliphatic heterocycles. The lowest BCUT2D eigenvalue weighted by Crippen LogP contribution is -2.47. The van der Waals surface area contributed by atoms with Crippen molar-refractivity contribution in [1.29, 1.82) is 0 Å². The second-order valence-corrected chi connectivity index (χ2v) is 4.90. The standard InChI is InChI=1S/C11H15N3O4S/c1-2-3-14(10(15)8-4-12-19-13-8)9-6-18-5-7(9)11(16)17/h4,7,9H,2-3,5-6H2,1H3,(H,16,17). The van der Waals surface area contributed by atoms with E-state index in [0.29, 0.717) is 6.54 Å². The van der Waals surface area contributed by atoms with Crippen LogP contribution in [0.25, 0.3) is 0 Å². The number of aromatic nitrogens is 2. The highest BCUT2D eigenvalue weighted by molar-refractivity contribution is 6.99. The van der Waals surface area contributed by atoms with E-state index in [9.17, 15) is 9.59 Å². The molecule has 2 atom stereocenters. The quantitative estimate of drug-likeness (QED) is 0.846. The molecule has 0 aromatic carbocycles. The topological polar surface area (TPSA) is 92.6 Å². The average molecular weight is 285 g/mol. The summed E-state index contributed by atoms with van der Waals surface area (Å²) in [4.78, 5) is 25.1. The minimum atomic E-state index is -0.937. The molecule has 0 aliphatic carbocycles. The predicted octanol–water partition coefficient (Wildman–Crippen LogP) is 0.490. The van der Waals surface area contributed by atoms with Crippen LogP contribution in [-0.4, -0.2) is 56.4 Å². The monoisotopic (exact) mass is 285 g/mol. The number of nitrogens with zero attached hydrogens (tertiary/aromatic N) is 3. The number of rotatable bonds is 5. The molecule has 104 valence electrons. The van der Waals surface area contributed by atoms with Crippen molar-refractivity contribution in [3.63, 3.8) is 0 Å². The predicted molar refractivity (Wildman–Crippen MR) is 67.0 cm³/mol. The fourth-order valence-electron chi connectivity index (χ4n) is 2.15. The zero-order valence-corrected chi connectivity index (χ0v) is 11.3. The summed E-state index contributed by atoms with van der Waals surface area (Å²) in [5, 5.41) is 9.17. The first-order valence-corrected chi connectivity index (χ1v) is 6.77. The van der Waals surface area contributed by atoms with Crippen molar-refractivity contribution in [3.8, 4) is 0 Å². The van der Waals surface area contributed by atoms with Gasteiger partial charge in [0.05, 0.1) is 37.2 Å². The molecule has 1 saturated heterocycles. The maximum absolute atomic E-state index is 12.3. The summed E-state index contributed by atoms with van der Waals surface area (Å²) in [5.74, 6) is -1.90. The number of aliphatic carboxylic acids is 1. The Bertz CT molecular complexity index is 451. The number of carboxylic acids is 1. The first kappa shape index (κ1) is 13.9. The van der Waals surface area contributed by atoms with E-state index in [-0.39, 0.29) is 24.8 Å². The summed E-state index contributed by atoms with van der Waals surface area (Å²) < 4.78 is 12.9. The molecule has 1 aromatic rings. The molecule has 2 rings (SSSR count). The molecular formula is C11H15N3O4S. The molecule has 1 aliphatic rings. The third-order valence-corrected chi connectivity index (χ3v) is 3.55. The van der Waals surface area contributed by atoms with Gasteiger partial charge in [0.15, 0.2) is 5.69 Å². The number of carboxylic acid groups (broad SMARTS) is 1. The Morgan fingerprint density at radius 2 is 2.37 bits per heavy atom. The lowest BCUT2D eigenvalue weighted by Gasteiger charge is -2.29. The highest BCUT2D eigenvalue weighted by Gasteiger charge is 2.40. The zero-order valence-electron chi connectivity index (χ0n) is 10.5. The Morgan fingerprint density at radius 3 is 2.95 bits per heavy atom. The molecule has 0 bridgehead atoms. The van der Waals surface area contributed by atoms with Crippen LogP contribution in [0.1, 0.15) is 23.8 Å². The molecule has 19 heavy (non-hydrogen) atoms. The van der Waals surface area contributed by atoms with Crippen molar-refractivity contribution < 1.29 is 19.4 Å². The van der Waals surface area contributed by atoms with Gasteiger partial charge in [-0.1, -0.05) is 6.92 Å². The summed E-state index contributed by atoms with van der Waals surface area (Å²) in [5.41, 5.74) is 0.259. The van der Waals surface area contributed by atoms with Crippen LogP contribution in [0.3, 0.4) is 0 Å². The maximum Gasteiger partial charge on any atom is 0.311 e. The summed E-state index contributed by atoms with van der Waals surface area (Å²) in [6, 6.07) is -0.438. The van der Waals surface area contributed by atoms with Gasteiger partial charge in [-0.3, -0.25) is 9.59 Å². The van der Waals surface area contributed by atoms with Crippen molar-refractivity contribution in [1.82, 2.24) is 13.6 Å². The van der Waals surface area contributed by atoms with Crippen LogP contribution in [-0.2, 0) is 9.53 Å². The minimum absolute atomic E-state index is 0.142. The van der Waals surface area contributed by atoms with E-state index in [4.69, 9.17) is 9.84 Å². The highest BCUT2D eigenvalue weighted by Crippen LogP contribution is 2.22. The second kappa shape index (κ2) is 6.07. The van der Waals surface area contributed by atoms with Crippen LogP contribution >= 0.6 is 11.7 Å². The number of hydrogen-bond acceptors (Lipinski definition) is 6. The Balaban J connectivity index is 2.20. The molecule has 1 aromatic heterocycles. The molecule has 0 spiro atoms. The average Bonchev–Trinajstić information content (AvgIpc) is 3.05. The van der Waals surface area contributed by atoms with Crippen molar-refractivity contribution >= 4 is 23.6 Å². The Kier molecular flexibility index (Phi) is 4.43. The van der Waals surface area contributed by atoms with Gasteiger partial charge in [-0.15, -0.1) is 0 Å². The molecule has 1 amide bonds. The summed E-state index contributed by atoms with van der Waals surface area (Å²) >= 11 is 0.958. The fraction of sp³-hybridized carbons (Fsp3) is 0.636. The molecular weight excluding hydrogens is 270 g/mol.